The van der Waals surface area contributed by atoms with E-state index >= 15 is 0 Å². The monoisotopic (exact) mass is 505 g/mol. The topological polar surface area (TPSA) is 72.3 Å². The Kier molecular flexibility index (Phi) is 7.41. The van der Waals surface area contributed by atoms with Crippen molar-refractivity contribution in [3.8, 4) is 0 Å². The number of hydrogen-bond acceptors (Lipinski definition) is 5. The third kappa shape index (κ3) is 5.77. The lowest BCUT2D eigenvalue weighted by Gasteiger charge is -2.29. The molecule has 3 heterocycles. The van der Waals surface area contributed by atoms with E-state index < -0.39 is 11.6 Å². The van der Waals surface area contributed by atoms with E-state index in [0.29, 0.717) is 29.0 Å². The number of nitrogens with zero attached hydrogens (tertiary/aromatic N) is 4. The number of hydrogen-bond donors (Lipinski definition) is 1. The zero-order chi connectivity index (χ0) is 25.8. The van der Waals surface area contributed by atoms with Crippen molar-refractivity contribution in [2.45, 2.75) is 32.4 Å². The first-order chi connectivity index (χ1) is 18.0. The largest absolute Gasteiger partial charge is 0.378 e. The van der Waals surface area contributed by atoms with Crippen LogP contribution in [-0.4, -0.2) is 46.7 Å². The first kappa shape index (κ1) is 24.8. The molecule has 5 rings (SSSR count). The minimum Gasteiger partial charge on any atom is -0.378 e. The number of aryl methyl sites for hydroxylation is 1. The summed E-state index contributed by atoms with van der Waals surface area (Å²) in [6, 6.07) is 15.6. The molecule has 2 aromatic heterocycles. The van der Waals surface area contributed by atoms with Crippen LogP contribution in [0.15, 0.2) is 60.8 Å². The molecule has 1 N–H and O–H groups in total. The van der Waals surface area contributed by atoms with Crippen LogP contribution in [0.4, 0.5) is 14.5 Å². The summed E-state index contributed by atoms with van der Waals surface area (Å²) in [6.07, 6.45) is 2.28. The van der Waals surface area contributed by atoms with E-state index in [1.807, 2.05) is 29.7 Å². The molecular formula is C28H29F2N5O2. The number of carbonyl (C=O) groups excluding carboxylic acids is 1. The van der Waals surface area contributed by atoms with Crippen LogP contribution < -0.4 is 10.2 Å². The van der Waals surface area contributed by atoms with E-state index in [2.05, 4.69) is 32.3 Å². The van der Waals surface area contributed by atoms with Crippen molar-refractivity contribution in [3.05, 3.63) is 89.4 Å². The Bertz CT molecular complexity index is 1380. The number of nitrogens with one attached hydrogen (secondary N) is 1. The number of benzene rings is 2. The maximum absolute atomic E-state index is 13.8. The molecule has 1 saturated heterocycles. The molecule has 4 aromatic rings. The standard InChI is InChI=1S/C28H29F2N5O2/c1-19(21-5-7-22(8-6-21)34-13-15-37-16-14-34)32-27(36)11-10-26-33-25-3-2-12-31-28(25)35(26)18-20-4-9-23(29)24(30)17-20/h2-9,12,17,19H,10-11,13-16,18H2,1H3,(H,32,36). The van der Waals surface area contributed by atoms with E-state index in [4.69, 9.17) is 4.74 Å². The number of carbonyl (C=O) groups is 1. The number of morpholine rings is 1. The average molecular weight is 506 g/mol. The predicted molar refractivity (Wildman–Crippen MR) is 137 cm³/mol. The average Bonchev–Trinajstić information content (AvgIpc) is 3.27. The SMILES string of the molecule is CC(NC(=O)CCc1nc2cccnc2n1Cc1ccc(F)c(F)c1)c1ccc(N2CCOCC2)cc1. The molecule has 0 bridgehead atoms. The molecule has 0 aliphatic carbocycles. The molecule has 0 spiro atoms. The van der Waals surface area contributed by atoms with E-state index in [9.17, 15) is 13.6 Å². The quantitative estimate of drug-likeness (QED) is 0.384. The second-order valence-electron chi connectivity index (χ2n) is 9.19. The lowest BCUT2D eigenvalue weighted by atomic mass is 10.1. The van der Waals surface area contributed by atoms with Crippen LogP contribution in [0.2, 0.25) is 0 Å². The number of halogens is 2. The highest BCUT2D eigenvalue weighted by Crippen LogP contribution is 2.21. The molecule has 1 aliphatic heterocycles. The van der Waals surface area contributed by atoms with Gasteiger partial charge in [-0.3, -0.25) is 4.79 Å². The van der Waals surface area contributed by atoms with Gasteiger partial charge in [0.2, 0.25) is 5.91 Å². The number of imidazole rings is 1. The molecule has 7 nitrogen and oxygen atoms in total. The molecule has 37 heavy (non-hydrogen) atoms. The molecule has 192 valence electrons. The number of amides is 1. The highest BCUT2D eigenvalue weighted by molar-refractivity contribution is 5.77. The van der Waals surface area contributed by atoms with Crippen LogP contribution in [0.25, 0.3) is 11.2 Å². The normalized spacial score (nSPS) is 14.6. The second-order valence-corrected chi connectivity index (χ2v) is 9.19. The van der Waals surface area contributed by atoms with Gasteiger partial charge in [-0.25, -0.2) is 18.7 Å². The van der Waals surface area contributed by atoms with Crippen molar-refractivity contribution >= 4 is 22.8 Å². The van der Waals surface area contributed by atoms with Crippen molar-refractivity contribution in [1.82, 2.24) is 19.9 Å². The van der Waals surface area contributed by atoms with Crippen LogP contribution in [0.1, 0.15) is 36.3 Å². The summed E-state index contributed by atoms with van der Waals surface area (Å²) in [6.45, 7) is 5.46. The minimum atomic E-state index is -0.900. The lowest BCUT2D eigenvalue weighted by molar-refractivity contribution is -0.121. The van der Waals surface area contributed by atoms with Gasteiger partial charge in [0.1, 0.15) is 11.3 Å². The van der Waals surface area contributed by atoms with Crippen LogP contribution in [-0.2, 0) is 22.5 Å². The molecule has 0 saturated carbocycles. The zero-order valence-corrected chi connectivity index (χ0v) is 20.7. The third-order valence-corrected chi connectivity index (χ3v) is 6.63. The van der Waals surface area contributed by atoms with Gasteiger partial charge >= 0.3 is 0 Å². The minimum absolute atomic E-state index is 0.0934. The Morgan fingerprint density at radius 1 is 1.08 bits per heavy atom. The Morgan fingerprint density at radius 2 is 1.86 bits per heavy atom. The number of rotatable bonds is 8. The summed E-state index contributed by atoms with van der Waals surface area (Å²) in [4.78, 5) is 24.2. The molecule has 9 heteroatoms. The lowest BCUT2D eigenvalue weighted by Crippen LogP contribution is -2.36. The Labute approximate surface area is 214 Å². The van der Waals surface area contributed by atoms with E-state index in [0.717, 1.165) is 43.6 Å². The predicted octanol–water partition coefficient (Wildman–Crippen LogP) is 4.40. The fourth-order valence-electron chi connectivity index (χ4n) is 4.60. The first-order valence-electron chi connectivity index (χ1n) is 12.4. The summed E-state index contributed by atoms with van der Waals surface area (Å²) < 4.78 is 34.4. The zero-order valence-electron chi connectivity index (χ0n) is 20.7. The summed E-state index contributed by atoms with van der Waals surface area (Å²) in [5, 5.41) is 3.07. The number of aromatic nitrogens is 3. The van der Waals surface area contributed by atoms with E-state index in [-0.39, 0.29) is 24.9 Å². The van der Waals surface area contributed by atoms with Crippen molar-refractivity contribution in [2.24, 2.45) is 0 Å². The van der Waals surface area contributed by atoms with Crippen molar-refractivity contribution < 1.29 is 18.3 Å². The molecule has 1 fully saturated rings. The Balaban J connectivity index is 1.24. The summed E-state index contributed by atoms with van der Waals surface area (Å²) in [7, 11) is 0. The van der Waals surface area contributed by atoms with Crippen LogP contribution >= 0.6 is 0 Å². The maximum atomic E-state index is 13.8. The van der Waals surface area contributed by atoms with Gasteiger partial charge in [-0.1, -0.05) is 18.2 Å². The van der Waals surface area contributed by atoms with Gasteiger partial charge in [-0.05, 0) is 54.4 Å². The van der Waals surface area contributed by atoms with Gasteiger partial charge in [0.15, 0.2) is 17.3 Å². The van der Waals surface area contributed by atoms with Crippen LogP contribution in [0.3, 0.4) is 0 Å². The number of anilines is 1. The van der Waals surface area contributed by atoms with Gasteiger partial charge in [-0.2, -0.15) is 0 Å². The van der Waals surface area contributed by atoms with Gasteiger partial charge in [0.05, 0.1) is 25.8 Å². The first-order valence-corrected chi connectivity index (χ1v) is 12.4. The molecule has 0 radical (unpaired) electrons. The van der Waals surface area contributed by atoms with E-state index in [1.54, 1.807) is 12.3 Å². The van der Waals surface area contributed by atoms with Gasteiger partial charge < -0.3 is 19.5 Å². The highest BCUT2D eigenvalue weighted by atomic mass is 19.2. The number of ether oxygens (including phenoxy) is 1. The molecular weight excluding hydrogens is 476 g/mol. The van der Waals surface area contributed by atoms with Crippen molar-refractivity contribution in [3.63, 3.8) is 0 Å². The van der Waals surface area contributed by atoms with Gasteiger partial charge in [0.25, 0.3) is 0 Å². The number of fused-ring (bicyclic) bond motifs is 1. The molecule has 1 aliphatic rings. The Morgan fingerprint density at radius 3 is 2.62 bits per heavy atom. The molecule has 2 aromatic carbocycles. The van der Waals surface area contributed by atoms with Crippen molar-refractivity contribution in [2.75, 3.05) is 31.2 Å². The Hall–Kier alpha value is -3.85. The van der Waals surface area contributed by atoms with Crippen molar-refractivity contribution in [1.29, 1.82) is 0 Å². The van der Waals surface area contributed by atoms with E-state index in [1.165, 1.54) is 12.1 Å². The highest BCUT2D eigenvalue weighted by Gasteiger charge is 2.17. The molecule has 1 amide bonds. The summed E-state index contributed by atoms with van der Waals surface area (Å²) in [5.74, 6) is -1.22. The maximum Gasteiger partial charge on any atom is 0.220 e. The number of pyridine rings is 1. The summed E-state index contributed by atoms with van der Waals surface area (Å²) >= 11 is 0. The second kappa shape index (κ2) is 11.0. The van der Waals surface area contributed by atoms with Crippen LogP contribution in [0.5, 0.6) is 0 Å². The van der Waals surface area contributed by atoms with Gasteiger partial charge in [-0.15, -0.1) is 0 Å². The fraction of sp³-hybridized carbons (Fsp3) is 0.321. The fourth-order valence-corrected chi connectivity index (χ4v) is 4.60. The van der Waals surface area contributed by atoms with Gasteiger partial charge in [0, 0.05) is 37.8 Å². The molecule has 1 unspecified atom stereocenters. The summed E-state index contributed by atoms with van der Waals surface area (Å²) in [5.41, 5.74) is 4.09. The molecule has 1 atom stereocenters. The smallest absolute Gasteiger partial charge is 0.220 e. The third-order valence-electron chi connectivity index (χ3n) is 6.63. The van der Waals surface area contributed by atoms with Crippen LogP contribution in [0, 0.1) is 11.6 Å².